The Morgan fingerprint density at radius 3 is 1.13 bits per heavy atom. The first-order chi connectivity index (χ1) is 18.0. The van der Waals surface area contributed by atoms with Gasteiger partial charge in [-0.15, -0.1) is 0 Å². The smallest absolute Gasteiger partial charge is 0.332 e. The van der Waals surface area contributed by atoms with E-state index in [0.29, 0.717) is 64.0 Å². The molecule has 0 radical (unpaired) electrons. The van der Waals surface area contributed by atoms with Gasteiger partial charge in [0.1, 0.15) is 11.6 Å². The van der Waals surface area contributed by atoms with Crippen molar-refractivity contribution in [1.82, 2.24) is 28.9 Å². The predicted molar refractivity (Wildman–Crippen MR) is 147 cm³/mol. The van der Waals surface area contributed by atoms with Gasteiger partial charge in [0.25, 0.3) is 11.1 Å². The second-order valence-electron chi connectivity index (χ2n) is 8.40. The number of hydrogen-bond donors (Lipinski definition) is 2. The first kappa shape index (κ1) is 31.9. The molecule has 2 aromatic rings. The molecule has 1 aliphatic rings. The highest BCUT2D eigenvalue weighted by atomic mass is 16.2. The third-order valence-corrected chi connectivity index (χ3v) is 5.88. The first-order valence-corrected chi connectivity index (χ1v) is 12.1. The van der Waals surface area contributed by atoms with Crippen LogP contribution in [0.3, 0.4) is 0 Å². The van der Waals surface area contributed by atoms with E-state index in [-0.39, 0.29) is 22.5 Å². The van der Waals surface area contributed by atoms with Crippen LogP contribution >= 0.6 is 0 Å². The number of rotatable bonds is 2. The normalized spacial score (nSPS) is 14.3. The molecule has 1 fully saturated rings. The lowest BCUT2D eigenvalue weighted by Crippen LogP contribution is -2.47. The molecule has 0 atom stereocenters. The van der Waals surface area contributed by atoms with Crippen molar-refractivity contribution >= 4 is 11.6 Å². The topological polar surface area (TPSA) is 166 Å². The standard InChI is InChI=1S/C20H32N8O4.2C2H3N/c1-23-15(13-17(29)25(3)19(23)31)27-9-5-21-7-11-28(12-8-22-6-10-27)16-14-18(30)26(4)20(32)24(16)2;2*1-2-3/h13-14,21-22H,5-12H2,1-4H3;2*1H3. The maximum Gasteiger partial charge on any atom is 0.332 e. The summed E-state index contributed by atoms with van der Waals surface area (Å²) in [6.07, 6.45) is 0. The molecular formula is C24H38N10O4. The minimum absolute atomic E-state index is 0.328. The van der Waals surface area contributed by atoms with Crippen molar-refractivity contribution in [3.63, 3.8) is 0 Å². The van der Waals surface area contributed by atoms with E-state index in [2.05, 4.69) is 10.6 Å². The van der Waals surface area contributed by atoms with Crippen molar-refractivity contribution in [3.05, 3.63) is 53.8 Å². The number of nitrogens with one attached hydrogen (secondary N) is 2. The van der Waals surface area contributed by atoms with Crippen molar-refractivity contribution in [3.8, 4) is 12.1 Å². The van der Waals surface area contributed by atoms with Gasteiger partial charge < -0.3 is 20.4 Å². The Hall–Kier alpha value is -4.14. The Morgan fingerprint density at radius 2 is 0.868 bits per heavy atom. The average molecular weight is 531 g/mol. The number of hydrogen-bond acceptors (Lipinski definition) is 10. The van der Waals surface area contributed by atoms with E-state index in [9.17, 15) is 19.2 Å². The molecule has 2 aromatic heterocycles. The lowest BCUT2D eigenvalue weighted by molar-refractivity contribution is 0.566. The van der Waals surface area contributed by atoms with E-state index in [1.54, 1.807) is 26.2 Å². The zero-order valence-corrected chi connectivity index (χ0v) is 23.0. The maximum atomic E-state index is 12.3. The molecule has 0 saturated carbocycles. The number of nitrogens with zero attached hydrogens (tertiary/aromatic N) is 8. The fourth-order valence-corrected chi connectivity index (χ4v) is 3.84. The molecule has 3 rings (SSSR count). The monoisotopic (exact) mass is 530 g/mol. The van der Waals surface area contributed by atoms with Gasteiger partial charge in [0.05, 0.1) is 12.1 Å². The second kappa shape index (κ2) is 15.9. The quantitative estimate of drug-likeness (QED) is 0.445. The van der Waals surface area contributed by atoms with Gasteiger partial charge in [-0.05, 0) is 0 Å². The molecule has 14 nitrogen and oxygen atoms in total. The van der Waals surface area contributed by atoms with E-state index in [1.807, 2.05) is 9.80 Å². The highest BCUT2D eigenvalue weighted by molar-refractivity contribution is 5.39. The first-order valence-electron chi connectivity index (χ1n) is 12.1. The van der Waals surface area contributed by atoms with E-state index in [1.165, 1.54) is 49.2 Å². The number of nitriles is 2. The summed E-state index contributed by atoms with van der Waals surface area (Å²) in [6, 6.07) is 6.48. The second-order valence-corrected chi connectivity index (χ2v) is 8.40. The molecule has 0 aromatic carbocycles. The molecule has 2 N–H and O–H groups in total. The molecule has 1 saturated heterocycles. The van der Waals surface area contributed by atoms with Gasteiger partial charge in [-0.1, -0.05) is 0 Å². The van der Waals surface area contributed by atoms with Crippen LogP contribution in [0.1, 0.15) is 13.8 Å². The summed E-state index contributed by atoms with van der Waals surface area (Å²) >= 11 is 0. The van der Waals surface area contributed by atoms with Crippen molar-refractivity contribution in [2.75, 3.05) is 62.2 Å². The molecular weight excluding hydrogens is 492 g/mol. The molecule has 208 valence electrons. The lowest BCUT2D eigenvalue weighted by atomic mass is 10.3. The molecule has 0 amide bonds. The highest BCUT2D eigenvalue weighted by Crippen LogP contribution is 2.09. The summed E-state index contributed by atoms with van der Waals surface area (Å²) in [7, 11) is 6.27. The number of anilines is 2. The Bertz CT molecular complexity index is 1260. The summed E-state index contributed by atoms with van der Waals surface area (Å²) in [4.78, 5) is 52.9. The molecule has 3 heterocycles. The van der Waals surface area contributed by atoms with Crippen LogP contribution in [0.25, 0.3) is 0 Å². The number of aromatic nitrogens is 4. The molecule has 1 aliphatic heterocycles. The molecule has 38 heavy (non-hydrogen) atoms. The average Bonchev–Trinajstić information content (AvgIpc) is 2.87. The van der Waals surface area contributed by atoms with Crippen LogP contribution in [-0.2, 0) is 28.2 Å². The highest BCUT2D eigenvalue weighted by Gasteiger charge is 2.16. The van der Waals surface area contributed by atoms with Gasteiger partial charge in [-0.2, -0.15) is 10.5 Å². The maximum absolute atomic E-state index is 12.3. The third-order valence-electron chi connectivity index (χ3n) is 5.88. The van der Waals surface area contributed by atoms with Gasteiger partial charge in [0.2, 0.25) is 0 Å². The third kappa shape index (κ3) is 8.47. The molecule has 0 spiro atoms. The predicted octanol–water partition coefficient (Wildman–Crippen LogP) is -1.95. The molecule has 0 aliphatic carbocycles. The van der Waals surface area contributed by atoms with Crippen LogP contribution in [0.2, 0.25) is 0 Å². The lowest BCUT2D eigenvalue weighted by Gasteiger charge is -2.30. The fraction of sp³-hybridized carbons (Fsp3) is 0.583. The summed E-state index contributed by atoms with van der Waals surface area (Å²) in [5.41, 5.74) is -1.36. The van der Waals surface area contributed by atoms with Gasteiger partial charge in [0.15, 0.2) is 0 Å². The minimum Gasteiger partial charge on any atom is -0.355 e. The zero-order chi connectivity index (χ0) is 28.8. The Morgan fingerprint density at radius 1 is 0.605 bits per heavy atom. The molecule has 14 heteroatoms. The van der Waals surface area contributed by atoms with Crippen molar-refractivity contribution in [2.45, 2.75) is 13.8 Å². The van der Waals surface area contributed by atoms with Crippen molar-refractivity contribution in [1.29, 1.82) is 10.5 Å². The van der Waals surface area contributed by atoms with Crippen LogP contribution in [0.15, 0.2) is 31.3 Å². The summed E-state index contributed by atoms with van der Waals surface area (Å²) in [5.74, 6) is 1.19. The SMILES string of the molecule is CC#N.CC#N.Cn1c(N2CCNCCN(c3cc(=O)n(C)c(=O)n3C)CCNCC2)cc(=O)n(C)c1=O. The zero-order valence-electron chi connectivity index (χ0n) is 23.0. The summed E-state index contributed by atoms with van der Waals surface area (Å²) in [6.45, 7) is 7.91. The summed E-state index contributed by atoms with van der Waals surface area (Å²) < 4.78 is 5.17. The van der Waals surface area contributed by atoms with Crippen molar-refractivity contribution < 1.29 is 0 Å². The molecule has 0 bridgehead atoms. The van der Waals surface area contributed by atoms with Gasteiger partial charge in [-0.3, -0.25) is 27.9 Å². The van der Waals surface area contributed by atoms with Crippen LogP contribution in [0, 0.1) is 22.7 Å². The van der Waals surface area contributed by atoms with Crippen LogP contribution in [0.5, 0.6) is 0 Å². The van der Waals surface area contributed by atoms with Gasteiger partial charge in [-0.25, -0.2) is 9.59 Å². The van der Waals surface area contributed by atoms with Gasteiger partial charge in [0, 0.05) is 107 Å². The van der Waals surface area contributed by atoms with E-state index >= 15 is 0 Å². The largest absolute Gasteiger partial charge is 0.355 e. The van der Waals surface area contributed by atoms with E-state index in [0.717, 1.165) is 9.13 Å². The van der Waals surface area contributed by atoms with Crippen LogP contribution in [0.4, 0.5) is 11.6 Å². The van der Waals surface area contributed by atoms with E-state index in [4.69, 9.17) is 10.5 Å². The summed E-state index contributed by atoms with van der Waals surface area (Å²) in [5, 5.41) is 21.4. The fourth-order valence-electron chi connectivity index (χ4n) is 3.84. The van der Waals surface area contributed by atoms with Crippen LogP contribution in [-0.4, -0.2) is 70.6 Å². The minimum atomic E-state index is -0.352. The van der Waals surface area contributed by atoms with Gasteiger partial charge >= 0.3 is 11.4 Å². The van der Waals surface area contributed by atoms with E-state index < -0.39 is 0 Å². The van der Waals surface area contributed by atoms with Crippen LogP contribution < -0.4 is 42.9 Å². The van der Waals surface area contributed by atoms with Crippen molar-refractivity contribution in [2.24, 2.45) is 28.2 Å². The molecule has 0 unspecified atom stereocenters. The Labute approximate surface area is 221 Å². The Kier molecular flexibility index (Phi) is 13.3. The Balaban J connectivity index is 0.00000110.